The molecule has 1 saturated heterocycles. The fraction of sp³-hybridized carbons (Fsp3) is 0.500. The summed E-state index contributed by atoms with van der Waals surface area (Å²) in [6.45, 7) is 4.93. The van der Waals surface area contributed by atoms with Gasteiger partial charge in [0.15, 0.2) is 5.96 Å². The molecule has 0 aromatic carbocycles. The van der Waals surface area contributed by atoms with Crippen LogP contribution >= 0.6 is 0 Å². The molecule has 0 spiro atoms. The van der Waals surface area contributed by atoms with Gasteiger partial charge in [-0.05, 0) is 13.0 Å². The molecule has 9 heteroatoms. The van der Waals surface area contributed by atoms with E-state index in [1.165, 1.54) is 0 Å². The van der Waals surface area contributed by atoms with Crippen LogP contribution in [0.4, 0.5) is 5.69 Å². The molecule has 1 fully saturated rings. The van der Waals surface area contributed by atoms with Gasteiger partial charge in [-0.25, -0.2) is 4.99 Å². The molecule has 1 N–H and O–H groups in total. The van der Waals surface area contributed by atoms with Gasteiger partial charge in [0, 0.05) is 46.1 Å². The number of hydrogen-bond donors (Lipinski definition) is 1. The van der Waals surface area contributed by atoms with Crippen molar-refractivity contribution in [2.45, 2.75) is 13.5 Å². The van der Waals surface area contributed by atoms with E-state index in [-0.39, 0.29) is 5.91 Å². The second-order valence-corrected chi connectivity index (χ2v) is 5.96. The van der Waals surface area contributed by atoms with E-state index in [0.717, 1.165) is 30.4 Å². The van der Waals surface area contributed by atoms with E-state index in [2.05, 4.69) is 20.5 Å². The highest BCUT2D eigenvalue weighted by atomic mass is 16.2. The molecule has 3 rings (SSSR count). The Morgan fingerprint density at radius 3 is 2.76 bits per heavy atom. The third-order valence-electron chi connectivity index (χ3n) is 4.17. The first kappa shape index (κ1) is 17.0. The summed E-state index contributed by atoms with van der Waals surface area (Å²) in [6, 6.07) is 1.94. The smallest absolute Gasteiger partial charge is 0.246 e. The second-order valence-electron chi connectivity index (χ2n) is 5.96. The molecule has 0 saturated carbocycles. The predicted octanol–water partition coefficient (Wildman–Crippen LogP) is -0.0321. The van der Waals surface area contributed by atoms with Crippen LogP contribution in [0.3, 0.4) is 0 Å². The minimum Gasteiger partial charge on any atom is -0.356 e. The number of anilines is 1. The lowest BCUT2D eigenvalue weighted by atomic mass is 10.3. The fourth-order valence-electron chi connectivity index (χ4n) is 2.81. The normalized spacial score (nSPS) is 15.8. The van der Waals surface area contributed by atoms with Crippen LogP contribution in [0.2, 0.25) is 0 Å². The molecular formula is C16H24N8O. The van der Waals surface area contributed by atoms with E-state index in [4.69, 9.17) is 0 Å². The van der Waals surface area contributed by atoms with Gasteiger partial charge in [-0.2, -0.15) is 10.2 Å². The summed E-state index contributed by atoms with van der Waals surface area (Å²) in [6.07, 6.45) is 5.33. The minimum absolute atomic E-state index is 0.0467. The number of piperazine rings is 1. The summed E-state index contributed by atoms with van der Waals surface area (Å²) in [7, 11) is 3.74. The Kier molecular flexibility index (Phi) is 5.01. The van der Waals surface area contributed by atoms with Gasteiger partial charge in [-0.3, -0.25) is 14.2 Å². The number of hydrogen-bond acceptors (Lipinski definition) is 4. The van der Waals surface area contributed by atoms with Gasteiger partial charge in [0.2, 0.25) is 5.91 Å². The molecule has 134 valence electrons. The summed E-state index contributed by atoms with van der Waals surface area (Å²) < 4.78 is 3.51. The number of rotatable bonds is 4. The average Bonchev–Trinajstić information content (AvgIpc) is 3.20. The summed E-state index contributed by atoms with van der Waals surface area (Å²) in [5, 5.41) is 11.6. The Hall–Kier alpha value is -2.84. The summed E-state index contributed by atoms with van der Waals surface area (Å²) in [5.41, 5.74) is 1.86. The lowest BCUT2D eigenvalue weighted by molar-refractivity contribution is -0.120. The molecule has 0 aliphatic carbocycles. The molecule has 3 heterocycles. The number of guanidine groups is 1. The van der Waals surface area contributed by atoms with Crippen LogP contribution < -0.4 is 10.2 Å². The SMILES string of the molecule is CCNC(=NCc1ccnn1C)N1CCN(c2cnn(C)c2)C(=O)C1. The van der Waals surface area contributed by atoms with Gasteiger partial charge in [0.1, 0.15) is 6.54 Å². The molecule has 1 aliphatic heterocycles. The van der Waals surface area contributed by atoms with Crippen molar-refractivity contribution in [3.63, 3.8) is 0 Å². The zero-order chi connectivity index (χ0) is 17.8. The largest absolute Gasteiger partial charge is 0.356 e. The molecule has 2 aromatic rings. The van der Waals surface area contributed by atoms with Crippen LogP contribution in [0.25, 0.3) is 0 Å². The number of carbonyl (C=O) groups excluding carboxylic acids is 1. The maximum absolute atomic E-state index is 12.6. The topological polar surface area (TPSA) is 83.6 Å². The lowest BCUT2D eigenvalue weighted by Crippen LogP contribution is -2.55. The maximum Gasteiger partial charge on any atom is 0.246 e. The number of nitrogens with zero attached hydrogens (tertiary/aromatic N) is 7. The molecule has 0 bridgehead atoms. The van der Waals surface area contributed by atoms with Crippen LogP contribution in [-0.2, 0) is 25.4 Å². The standard InChI is InChI=1S/C16H24N8O/c1-4-17-16(18-9-13-5-6-19-22(13)3)23-7-8-24(15(25)12-23)14-10-20-21(2)11-14/h5-6,10-11H,4,7-9,12H2,1-3H3,(H,17,18). The highest BCUT2D eigenvalue weighted by Gasteiger charge is 2.27. The number of amides is 1. The van der Waals surface area contributed by atoms with Gasteiger partial charge in [0.25, 0.3) is 0 Å². The molecule has 0 radical (unpaired) electrons. The van der Waals surface area contributed by atoms with E-state index in [1.54, 1.807) is 26.7 Å². The van der Waals surface area contributed by atoms with E-state index >= 15 is 0 Å². The lowest BCUT2D eigenvalue weighted by Gasteiger charge is -2.35. The third kappa shape index (κ3) is 3.81. The van der Waals surface area contributed by atoms with E-state index in [0.29, 0.717) is 19.6 Å². The summed E-state index contributed by atoms with van der Waals surface area (Å²) >= 11 is 0. The van der Waals surface area contributed by atoms with Crippen molar-refractivity contribution >= 4 is 17.6 Å². The maximum atomic E-state index is 12.6. The Balaban J connectivity index is 1.69. The average molecular weight is 344 g/mol. The number of aromatic nitrogens is 4. The van der Waals surface area contributed by atoms with Crippen LogP contribution in [0.15, 0.2) is 29.6 Å². The predicted molar refractivity (Wildman–Crippen MR) is 95.2 cm³/mol. The first-order valence-electron chi connectivity index (χ1n) is 8.37. The Labute approximate surface area is 146 Å². The Morgan fingerprint density at radius 2 is 2.16 bits per heavy atom. The van der Waals surface area contributed by atoms with Gasteiger partial charge in [-0.1, -0.05) is 0 Å². The van der Waals surface area contributed by atoms with E-state index in [9.17, 15) is 4.79 Å². The number of aliphatic imine (C=N–C) groups is 1. The summed E-state index contributed by atoms with van der Waals surface area (Å²) in [4.78, 5) is 21.0. The van der Waals surface area contributed by atoms with Crippen LogP contribution in [0.1, 0.15) is 12.6 Å². The van der Waals surface area contributed by atoms with Crippen molar-refractivity contribution in [1.82, 2.24) is 29.8 Å². The molecule has 0 unspecified atom stereocenters. The molecule has 1 amide bonds. The van der Waals surface area contributed by atoms with Gasteiger partial charge < -0.3 is 15.1 Å². The Bertz CT molecular complexity index is 762. The van der Waals surface area contributed by atoms with Crippen LogP contribution in [-0.4, -0.2) is 62.5 Å². The Morgan fingerprint density at radius 1 is 1.32 bits per heavy atom. The molecule has 2 aromatic heterocycles. The molecule has 25 heavy (non-hydrogen) atoms. The number of nitrogens with one attached hydrogen (secondary N) is 1. The highest BCUT2D eigenvalue weighted by Crippen LogP contribution is 2.16. The minimum atomic E-state index is 0.0467. The van der Waals surface area contributed by atoms with Gasteiger partial charge in [0.05, 0.1) is 24.1 Å². The molecule has 1 aliphatic rings. The van der Waals surface area contributed by atoms with Crippen molar-refractivity contribution in [3.8, 4) is 0 Å². The monoisotopic (exact) mass is 344 g/mol. The highest BCUT2D eigenvalue weighted by molar-refractivity contribution is 5.98. The fourth-order valence-corrected chi connectivity index (χ4v) is 2.81. The van der Waals surface area contributed by atoms with Gasteiger partial charge >= 0.3 is 0 Å². The number of aryl methyl sites for hydroxylation is 2. The molecule has 0 atom stereocenters. The van der Waals surface area contributed by atoms with E-state index in [1.807, 2.05) is 38.2 Å². The molecule has 9 nitrogen and oxygen atoms in total. The first-order valence-corrected chi connectivity index (χ1v) is 8.37. The molecular weight excluding hydrogens is 320 g/mol. The number of carbonyl (C=O) groups is 1. The zero-order valence-corrected chi connectivity index (χ0v) is 14.9. The first-order chi connectivity index (χ1) is 12.1. The van der Waals surface area contributed by atoms with Crippen molar-refractivity contribution in [2.75, 3.05) is 31.1 Å². The second kappa shape index (κ2) is 7.37. The quantitative estimate of drug-likeness (QED) is 0.622. The van der Waals surface area contributed by atoms with Crippen LogP contribution in [0, 0.1) is 0 Å². The third-order valence-corrected chi connectivity index (χ3v) is 4.17. The zero-order valence-electron chi connectivity index (χ0n) is 14.9. The van der Waals surface area contributed by atoms with Crippen molar-refractivity contribution in [1.29, 1.82) is 0 Å². The summed E-state index contributed by atoms with van der Waals surface area (Å²) in [5.74, 6) is 0.799. The van der Waals surface area contributed by atoms with Crippen molar-refractivity contribution in [3.05, 3.63) is 30.4 Å². The van der Waals surface area contributed by atoms with Gasteiger partial charge in [-0.15, -0.1) is 0 Å². The van der Waals surface area contributed by atoms with Crippen LogP contribution in [0.5, 0.6) is 0 Å². The van der Waals surface area contributed by atoms with E-state index < -0.39 is 0 Å². The van der Waals surface area contributed by atoms with Crippen molar-refractivity contribution in [2.24, 2.45) is 19.1 Å². The van der Waals surface area contributed by atoms with Crippen molar-refractivity contribution < 1.29 is 4.79 Å².